The molecule has 3 rings (SSSR count). The highest BCUT2D eigenvalue weighted by atomic mass is 19.4. The highest BCUT2D eigenvalue weighted by Gasteiger charge is 2.31. The molecule has 1 aliphatic heterocycles. The van der Waals surface area contributed by atoms with Crippen LogP contribution in [0.2, 0.25) is 0 Å². The lowest BCUT2D eigenvalue weighted by Crippen LogP contribution is -2.31. The second-order valence-electron chi connectivity index (χ2n) is 7.34. The van der Waals surface area contributed by atoms with E-state index >= 15 is 0 Å². The Morgan fingerprint density at radius 1 is 1.32 bits per heavy atom. The standard InChI is InChI=1S/C20H25F3N4O/c1-13-18(10-19(28)26-8-7-15(12-26)11-24-3)14(2)27(25-13)17-6-4-5-16(9-17)20(21,22)23/h4-6,9,15,24H,7-8,10-12H2,1-3H3/t15-/m0/s1. The molecule has 0 bridgehead atoms. The van der Waals surface area contributed by atoms with Crippen molar-refractivity contribution in [1.29, 1.82) is 0 Å². The topological polar surface area (TPSA) is 50.2 Å². The summed E-state index contributed by atoms with van der Waals surface area (Å²) >= 11 is 0. The summed E-state index contributed by atoms with van der Waals surface area (Å²) in [7, 11) is 1.90. The first-order valence-electron chi connectivity index (χ1n) is 9.35. The Hall–Kier alpha value is -2.35. The van der Waals surface area contributed by atoms with Gasteiger partial charge in [0.05, 0.1) is 23.4 Å². The lowest BCUT2D eigenvalue weighted by Gasteiger charge is -2.17. The Bertz CT molecular complexity index is 860. The smallest absolute Gasteiger partial charge is 0.342 e. The third kappa shape index (κ3) is 4.22. The van der Waals surface area contributed by atoms with Crippen LogP contribution in [0.4, 0.5) is 13.2 Å². The van der Waals surface area contributed by atoms with E-state index in [1.54, 1.807) is 19.9 Å². The fourth-order valence-corrected chi connectivity index (χ4v) is 3.77. The molecule has 1 aliphatic rings. The van der Waals surface area contributed by atoms with Gasteiger partial charge in [0, 0.05) is 24.3 Å². The Morgan fingerprint density at radius 3 is 2.75 bits per heavy atom. The van der Waals surface area contributed by atoms with Gasteiger partial charge < -0.3 is 10.2 Å². The molecule has 2 heterocycles. The van der Waals surface area contributed by atoms with E-state index in [0.29, 0.717) is 23.0 Å². The maximum Gasteiger partial charge on any atom is 0.416 e. The van der Waals surface area contributed by atoms with Crippen LogP contribution in [0.1, 0.15) is 28.9 Å². The first-order valence-corrected chi connectivity index (χ1v) is 9.35. The third-order valence-electron chi connectivity index (χ3n) is 5.32. The Balaban J connectivity index is 1.80. The number of nitrogens with zero attached hydrogens (tertiary/aromatic N) is 3. The first kappa shape index (κ1) is 20.4. The van der Waals surface area contributed by atoms with Gasteiger partial charge in [-0.2, -0.15) is 18.3 Å². The van der Waals surface area contributed by atoms with Crippen LogP contribution >= 0.6 is 0 Å². The number of amides is 1. The number of carbonyl (C=O) groups excluding carboxylic acids is 1. The number of halogens is 3. The van der Waals surface area contributed by atoms with Crippen LogP contribution in [-0.4, -0.2) is 47.3 Å². The van der Waals surface area contributed by atoms with Crippen LogP contribution in [0.3, 0.4) is 0 Å². The fourth-order valence-electron chi connectivity index (χ4n) is 3.77. The normalized spacial score (nSPS) is 17.4. The van der Waals surface area contributed by atoms with Crippen molar-refractivity contribution in [2.24, 2.45) is 5.92 Å². The molecule has 152 valence electrons. The van der Waals surface area contributed by atoms with E-state index in [1.807, 2.05) is 11.9 Å². The van der Waals surface area contributed by atoms with Crippen LogP contribution in [0.5, 0.6) is 0 Å². The van der Waals surface area contributed by atoms with Crippen molar-refractivity contribution >= 4 is 5.91 Å². The quantitative estimate of drug-likeness (QED) is 0.848. The fraction of sp³-hybridized carbons (Fsp3) is 0.500. The largest absolute Gasteiger partial charge is 0.416 e. The average Bonchev–Trinajstić information content (AvgIpc) is 3.21. The molecule has 2 aromatic rings. The number of hydrogen-bond acceptors (Lipinski definition) is 3. The number of alkyl halides is 3. The number of hydrogen-bond donors (Lipinski definition) is 1. The molecule has 0 spiro atoms. The van der Waals surface area contributed by atoms with Crippen molar-refractivity contribution in [3.05, 3.63) is 46.8 Å². The summed E-state index contributed by atoms with van der Waals surface area (Å²) in [6.07, 6.45) is -3.22. The van der Waals surface area contributed by atoms with Gasteiger partial charge in [-0.3, -0.25) is 4.79 Å². The molecule has 28 heavy (non-hydrogen) atoms. The van der Waals surface area contributed by atoms with Crippen LogP contribution in [0, 0.1) is 19.8 Å². The molecule has 1 aromatic carbocycles. The zero-order valence-corrected chi connectivity index (χ0v) is 16.3. The van der Waals surface area contributed by atoms with Crippen LogP contribution in [0.25, 0.3) is 5.69 Å². The van der Waals surface area contributed by atoms with Gasteiger partial charge in [-0.25, -0.2) is 4.68 Å². The molecule has 0 radical (unpaired) electrons. The van der Waals surface area contributed by atoms with Gasteiger partial charge >= 0.3 is 6.18 Å². The van der Waals surface area contributed by atoms with E-state index in [1.165, 1.54) is 10.7 Å². The summed E-state index contributed by atoms with van der Waals surface area (Å²) in [5, 5.41) is 7.54. The third-order valence-corrected chi connectivity index (χ3v) is 5.32. The number of carbonyl (C=O) groups is 1. The van der Waals surface area contributed by atoms with Crippen molar-refractivity contribution in [3.8, 4) is 5.69 Å². The second-order valence-corrected chi connectivity index (χ2v) is 7.34. The predicted octanol–water partition coefficient (Wildman–Crippen LogP) is 3.12. The number of nitrogens with one attached hydrogen (secondary N) is 1. The lowest BCUT2D eigenvalue weighted by atomic mass is 10.1. The van der Waals surface area contributed by atoms with Crippen molar-refractivity contribution < 1.29 is 18.0 Å². The summed E-state index contributed by atoms with van der Waals surface area (Å²) in [5.41, 5.74) is 1.75. The zero-order valence-electron chi connectivity index (χ0n) is 16.3. The summed E-state index contributed by atoms with van der Waals surface area (Å²) in [4.78, 5) is 14.6. The van der Waals surface area contributed by atoms with E-state index < -0.39 is 11.7 Å². The molecule has 1 N–H and O–H groups in total. The molecule has 5 nitrogen and oxygen atoms in total. The average molecular weight is 394 g/mol. The molecular weight excluding hydrogens is 369 g/mol. The maximum absolute atomic E-state index is 13.0. The minimum Gasteiger partial charge on any atom is -0.342 e. The molecule has 1 fully saturated rings. The van der Waals surface area contributed by atoms with E-state index in [2.05, 4.69) is 10.4 Å². The monoisotopic (exact) mass is 394 g/mol. The van der Waals surface area contributed by atoms with Crippen molar-refractivity contribution in [2.45, 2.75) is 32.9 Å². The minimum absolute atomic E-state index is 0.0356. The molecule has 0 aliphatic carbocycles. The van der Waals surface area contributed by atoms with Gasteiger partial charge in [0.25, 0.3) is 0 Å². The minimum atomic E-state index is -4.41. The first-order chi connectivity index (χ1) is 13.2. The molecular formula is C20H25F3N4O. The number of aromatic nitrogens is 2. The molecule has 0 unspecified atom stereocenters. The summed E-state index contributed by atoms with van der Waals surface area (Å²) in [6, 6.07) is 5.07. The summed E-state index contributed by atoms with van der Waals surface area (Å²) < 4.78 is 40.5. The van der Waals surface area contributed by atoms with Crippen molar-refractivity contribution in [2.75, 3.05) is 26.7 Å². The van der Waals surface area contributed by atoms with Crippen LogP contribution in [0.15, 0.2) is 24.3 Å². The number of aryl methyl sites for hydroxylation is 1. The lowest BCUT2D eigenvalue weighted by molar-refractivity contribution is -0.137. The SMILES string of the molecule is CNC[C@@H]1CCN(C(=O)Cc2c(C)nn(-c3cccc(C(F)(F)F)c3)c2C)C1. The van der Waals surface area contributed by atoms with Gasteiger partial charge in [0.15, 0.2) is 0 Å². The molecule has 0 saturated carbocycles. The predicted molar refractivity (Wildman–Crippen MR) is 100 cm³/mol. The zero-order chi connectivity index (χ0) is 20.5. The number of benzene rings is 1. The van der Waals surface area contributed by atoms with Crippen molar-refractivity contribution in [1.82, 2.24) is 20.0 Å². The van der Waals surface area contributed by atoms with E-state index in [-0.39, 0.29) is 12.3 Å². The van der Waals surface area contributed by atoms with Gasteiger partial charge in [0.1, 0.15) is 0 Å². The highest BCUT2D eigenvalue weighted by molar-refractivity contribution is 5.79. The number of likely N-dealkylation sites (tertiary alicyclic amines) is 1. The van der Waals surface area contributed by atoms with Gasteiger partial charge in [-0.1, -0.05) is 6.07 Å². The second kappa shape index (κ2) is 7.95. The molecule has 1 saturated heterocycles. The van der Waals surface area contributed by atoms with E-state index in [9.17, 15) is 18.0 Å². The Labute approximate surface area is 162 Å². The Kier molecular flexibility index (Phi) is 5.79. The molecule has 8 heteroatoms. The molecule has 1 atom stereocenters. The van der Waals surface area contributed by atoms with Crippen LogP contribution in [-0.2, 0) is 17.4 Å². The van der Waals surface area contributed by atoms with Crippen molar-refractivity contribution in [3.63, 3.8) is 0 Å². The van der Waals surface area contributed by atoms with Gasteiger partial charge in [0.2, 0.25) is 5.91 Å². The van der Waals surface area contributed by atoms with E-state index in [4.69, 9.17) is 0 Å². The maximum atomic E-state index is 13.0. The summed E-state index contributed by atoms with van der Waals surface area (Å²) in [6.45, 7) is 5.93. The van der Waals surface area contributed by atoms with Gasteiger partial charge in [-0.15, -0.1) is 0 Å². The summed E-state index contributed by atoms with van der Waals surface area (Å²) in [5.74, 6) is 0.498. The molecule has 1 amide bonds. The number of rotatable bonds is 5. The highest BCUT2D eigenvalue weighted by Crippen LogP contribution is 2.31. The van der Waals surface area contributed by atoms with E-state index in [0.717, 1.165) is 43.8 Å². The van der Waals surface area contributed by atoms with Gasteiger partial charge in [-0.05, 0) is 58.0 Å². The Morgan fingerprint density at radius 2 is 2.07 bits per heavy atom. The van der Waals surface area contributed by atoms with Crippen LogP contribution < -0.4 is 5.32 Å². The molecule has 1 aromatic heterocycles.